The van der Waals surface area contributed by atoms with Crippen LogP contribution < -0.4 is 5.32 Å². The van der Waals surface area contributed by atoms with Crippen molar-refractivity contribution < 1.29 is 9.18 Å². The van der Waals surface area contributed by atoms with Crippen LogP contribution in [0.3, 0.4) is 0 Å². The summed E-state index contributed by atoms with van der Waals surface area (Å²) >= 11 is 11.5. The van der Waals surface area contributed by atoms with Gasteiger partial charge in [-0.15, -0.1) is 0 Å². The molecule has 20 heavy (non-hydrogen) atoms. The molecule has 1 aromatic carbocycles. The second-order valence-electron chi connectivity index (χ2n) is 4.25. The molecule has 6 heteroatoms. The predicted molar refractivity (Wildman–Crippen MR) is 76.6 cm³/mol. The second kappa shape index (κ2) is 6.20. The molecule has 3 nitrogen and oxygen atoms in total. The quantitative estimate of drug-likeness (QED) is 0.877. The van der Waals surface area contributed by atoms with Crippen LogP contribution in [0.2, 0.25) is 10.2 Å². The first-order valence-electron chi connectivity index (χ1n) is 5.82. The van der Waals surface area contributed by atoms with E-state index in [-0.39, 0.29) is 22.6 Å². The highest BCUT2D eigenvalue weighted by Gasteiger charge is 2.08. The monoisotopic (exact) mass is 312 g/mol. The van der Waals surface area contributed by atoms with Crippen LogP contribution >= 0.6 is 23.2 Å². The number of rotatable bonds is 3. The van der Waals surface area contributed by atoms with Gasteiger partial charge in [-0.05, 0) is 36.8 Å². The largest absolute Gasteiger partial charge is 0.348 e. The van der Waals surface area contributed by atoms with Gasteiger partial charge in [0.2, 0.25) is 0 Å². The van der Waals surface area contributed by atoms with Crippen molar-refractivity contribution in [2.45, 2.75) is 13.5 Å². The van der Waals surface area contributed by atoms with E-state index < -0.39 is 5.82 Å². The molecule has 0 saturated carbocycles. The molecule has 0 saturated heterocycles. The van der Waals surface area contributed by atoms with Crippen molar-refractivity contribution in [3.05, 3.63) is 63.1 Å². The number of hydrogen-bond acceptors (Lipinski definition) is 2. The minimum absolute atomic E-state index is 0.0274. The van der Waals surface area contributed by atoms with E-state index in [1.807, 2.05) is 0 Å². The van der Waals surface area contributed by atoms with Gasteiger partial charge < -0.3 is 5.32 Å². The van der Waals surface area contributed by atoms with Crippen LogP contribution in [0.25, 0.3) is 0 Å². The molecule has 1 N–H and O–H groups in total. The van der Waals surface area contributed by atoms with Gasteiger partial charge in [-0.2, -0.15) is 0 Å². The van der Waals surface area contributed by atoms with Gasteiger partial charge in [0, 0.05) is 17.8 Å². The van der Waals surface area contributed by atoms with Gasteiger partial charge in [0.05, 0.1) is 5.02 Å². The summed E-state index contributed by atoms with van der Waals surface area (Å²) in [5.41, 5.74) is 1.80. The number of nitrogens with zero attached hydrogens (tertiary/aromatic N) is 1. The second-order valence-corrected chi connectivity index (χ2v) is 5.05. The molecule has 1 amide bonds. The van der Waals surface area contributed by atoms with E-state index in [9.17, 15) is 9.18 Å². The number of amides is 1. The predicted octanol–water partition coefficient (Wildman–Crippen LogP) is 3.77. The standard InChI is InChI=1S/C14H11Cl2FN2O/c1-8-4-10(6-13(16)19-8)14(20)18-7-9-2-3-12(17)11(15)5-9/h2-6H,7H2,1H3,(H,18,20). The minimum Gasteiger partial charge on any atom is -0.348 e. The number of aryl methyl sites for hydroxylation is 1. The molecule has 0 fully saturated rings. The SMILES string of the molecule is Cc1cc(C(=O)NCc2ccc(F)c(Cl)c2)cc(Cl)n1. The van der Waals surface area contributed by atoms with E-state index in [0.29, 0.717) is 16.8 Å². The highest BCUT2D eigenvalue weighted by molar-refractivity contribution is 6.30. The number of carbonyl (C=O) groups is 1. The van der Waals surface area contributed by atoms with Crippen molar-refractivity contribution >= 4 is 29.1 Å². The molecule has 1 aromatic heterocycles. The van der Waals surface area contributed by atoms with E-state index in [4.69, 9.17) is 23.2 Å². The number of carbonyl (C=O) groups excluding carboxylic acids is 1. The molecular formula is C14H11Cl2FN2O. The maximum absolute atomic E-state index is 13.0. The zero-order valence-electron chi connectivity index (χ0n) is 10.6. The number of halogens is 3. The summed E-state index contributed by atoms with van der Waals surface area (Å²) in [4.78, 5) is 16.0. The summed E-state index contributed by atoms with van der Waals surface area (Å²) in [5.74, 6) is -0.767. The lowest BCUT2D eigenvalue weighted by atomic mass is 10.2. The molecule has 1 heterocycles. The molecule has 2 rings (SSSR count). The van der Waals surface area contributed by atoms with E-state index in [0.717, 1.165) is 0 Å². The highest BCUT2D eigenvalue weighted by atomic mass is 35.5. The van der Waals surface area contributed by atoms with Crippen molar-refractivity contribution in [2.75, 3.05) is 0 Å². The lowest BCUT2D eigenvalue weighted by molar-refractivity contribution is 0.0950. The van der Waals surface area contributed by atoms with Gasteiger partial charge in [0.15, 0.2) is 0 Å². The Morgan fingerprint density at radius 1 is 1.30 bits per heavy atom. The van der Waals surface area contributed by atoms with Gasteiger partial charge in [0.25, 0.3) is 5.91 Å². The summed E-state index contributed by atoms with van der Waals surface area (Å²) < 4.78 is 13.0. The van der Waals surface area contributed by atoms with Crippen molar-refractivity contribution in [1.82, 2.24) is 10.3 Å². The maximum Gasteiger partial charge on any atom is 0.251 e. The maximum atomic E-state index is 13.0. The van der Waals surface area contributed by atoms with Crippen molar-refractivity contribution in [2.24, 2.45) is 0 Å². The fourth-order valence-corrected chi connectivity index (χ4v) is 2.15. The first-order valence-corrected chi connectivity index (χ1v) is 6.57. The van der Waals surface area contributed by atoms with Crippen molar-refractivity contribution in [1.29, 1.82) is 0 Å². The zero-order valence-corrected chi connectivity index (χ0v) is 12.1. The van der Waals surface area contributed by atoms with Crippen molar-refractivity contribution in [3.63, 3.8) is 0 Å². The minimum atomic E-state index is -0.488. The molecule has 0 bridgehead atoms. The molecule has 0 radical (unpaired) electrons. The number of pyridine rings is 1. The van der Waals surface area contributed by atoms with Crippen LogP contribution in [-0.4, -0.2) is 10.9 Å². The average Bonchev–Trinajstić information content (AvgIpc) is 2.38. The molecule has 0 aliphatic heterocycles. The molecule has 0 aliphatic rings. The summed E-state index contributed by atoms with van der Waals surface area (Å²) in [5, 5.41) is 3.00. The molecule has 0 aliphatic carbocycles. The van der Waals surface area contributed by atoms with Crippen LogP contribution in [0, 0.1) is 12.7 Å². The summed E-state index contributed by atoms with van der Waals surface area (Å²) in [6.07, 6.45) is 0. The third-order valence-electron chi connectivity index (χ3n) is 2.62. The number of nitrogens with one attached hydrogen (secondary N) is 1. The lowest BCUT2D eigenvalue weighted by Crippen LogP contribution is -2.23. The molecular weight excluding hydrogens is 302 g/mol. The summed E-state index contributed by atoms with van der Waals surface area (Å²) in [6.45, 7) is 2.00. The molecule has 0 spiro atoms. The van der Waals surface area contributed by atoms with Gasteiger partial charge in [-0.1, -0.05) is 29.3 Å². The normalized spacial score (nSPS) is 10.4. The van der Waals surface area contributed by atoms with Gasteiger partial charge in [-0.3, -0.25) is 4.79 Å². The first kappa shape index (κ1) is 14.8. The molecule has 104 valence electrons. The van der Waals surface area contributed by atoms with Crippen LogP contribution in [0.4, 0.5) is 4.39 Å². The molecule has 0 unspecified atom stereocenters. The Bertz CT molecular complexity index is 641. The first-order chi connectivity index (χ1) is 9.45. The third-order valence-corrected chi connectivity index (χ3v) is 3.10. The fourth-order valence-electron chi connectivity index (χ4n) is 1.69. The molecule has 0 atom stereocenters. The van der Waals surface area contributed by atoms with Crippen LogP contribution in [0.1, 0.15) is 21.6 Å². The van der Waals surface area contributed by atoms with Gasteiger partial charge >= 0.3 is 0 Å². The highest BCUT2D eigenvalue weighted by Crippen LogP contribution is 2.16. The van der Waals surface area contributed by atoms with Crippen LogP contribution in [0.5, 0.6) is 0 Å². The Hall–Kier alpha value is -1.65. The molecule has 2 aromatic rings. The fraction of sp³-hybridized carbons (Fsp3) is 0.143. The lowest BCUT2D eigenvalue weighted by Gasteiger charge is -2.07. The van der Waals surface area contributed by atoms with Crippen LogP contribution in [-0.2, 0) is 6.54 Å². The van der Waals surface area contributed by atoms with Crippen LogP contribution in [0.15, 0.2) is 30.3 Å². The van der Waals surface area contributed by atoms with E-state index in [2.05, 4.69) is 10.3 Å². The Morgan fingerprint density at radius 3 is 2.70 bits per heavy atom. The number of aromatic nitrogens is 1. The zero-order chi connectivity index (χ0) is 14.7. The van der Waals surface area contributed by atoms with E-state index in [1.54, 1.807) is 19.1 Å². The van der Waals surface area contributed by atoms with E-state index >= 15 is 0 Å². The summed E-state index contributed by atoms with van der Waals surface area (Å²) in [6, 6.07) is 7.42. The van der Waals surface area contributed by atoms with Gasteiger partial charge in [0.1, 0.15) is 11.0 Å². The average molecular weight is 313 g/mol. The number of benzene rings is 1. The Labute approximate surface area is 125 Å². The third kappa shape index (κ3) is 3.68. The van der Waals surface area contributed by atoms with Gasteiger partial charge in [-0.25, -0.2) is 9.37 Å². The van der Waals surface area contributed by atoms with E-state index in [1.165, 1.54) is 18.2 Å². The Kier molecular flexibility index (Phi) is 4.57. The topological polar surface area (TPSA) is 42.0 Å². The Morgan fingerprint density at radius 2 is 2.05 bits per heavy atom. The smallest absolute Gasteiger partial charge is 0.251 e. The number of hydrogen-bond donors (Lipinski definition) is 1. The Balaban J connectivity index is 2.06. The van der Waals surface area contributed by atoms with Crippen molar-refractivity contribution in [3.8, 4) is 0 Å². The summed E-state index contributed by atoms with van der Waals surface area (Å²) in [7, 11) is 0.